The average molecular weight is 388 g/mol. The van der Waals surface area contributed by atoms with E-state index in [4.69, 9.17) is 22.1 Å². The van der Waals surface area contributed by atoms with Crippen LogP contribution in [0.5, 0.6) is 5.75 Å². The highest BCUT2D eigenvalue weighted by Gasteiger charge is 2.15. The standard InChI is InChI=1S/C19H22N4OS2/c1-4-10-22-18(16-5-7-17(24-3)8-6-16)20-23(19(22)25)14-21(2)12-15-9-11-26-13-15/h4-9,11,13H,1,10,12,14H2,2-3H3/p+1. The fraction of sp³-hybridized carbons (Fsp3) is 0.263. The summed E-state index contributed by atoms with van der Waals surface area (Å²) >= 11 is 7.40. The monoisotopic (exact) mass is 387 g/mol. The SMILES string of the molecule is C=CCn1c(-c2ccc(OC)cc2)nn(C[NH+](C)Cc2ccsc2)c1=S. The molecule has 0 aliphatic rings. The molecule has 136 valence electrons. The molecule has 2 heterocycles. The number of thiophene rings is 1. The Balaban J connectivity index is 1.88. The Morgan fingerprint density at radius 1 is 1.31 bits per heavy atom. The van der Waals surface area contributed by atoms with Gasteiger partial charge in [-0.1, -0.05) is 6.08 Å². The van der Waals surface area contributed by atoms with E-state index in [9.17, 15) is 0 Å². The highest BCUT2D eigenvalue weighted by molar-refractivity contribution is 7.71. The summed E-state index contributed by atoms with van der Waals surface area (Å²) in [5.41, 5.74) is 2.34. The van der Waals surface area contributed by atoms with Crippen LogP contribution in [0.15, 0.2) is 53.7 Å². The summed E-state index contributed by atoms with van der Waals surface area (Å²) in [5, 5.41) is 9.08. The maximum atomic E-state index is 5.67. The third-order valence-corrected chi connectivity index (χ3v) is 5.25. The molecule has 0 saturated heterocycles. The molecule has 26 heavy (non-hydrogen) atoms. The summed E-state index contributed by atoms with van der Waals surface area (Å²) in [7, 11) is 3.81. The molecule has 0 radical (unpaired) electrons. The van der Waals surface area contributed by atoms with E-state index in [0.29, 0.717) is 18.0 Å². The number of rotatable bonds is 8. The Kier molecular flexibility index (Phi) is 6.03. The molecule has 0 aliphatic heterocycles. The second-order valence-electron chi connectivity index (χ2n) is 6.16. The van der Waals surface area contributed by atoms with E-state index >= 15 is 0 Å². The Bertz CT molecular complexity index is 910. The minimum absolute atomic E-state index is 0.629. The van der Waals surface area contributed by atoms with Crippen LogP contribution in [0.2, 0.25) is 0 Å². The molecule has 2 aromatic heterocycles. The number of ether oxygens (including phenoxy) is 1. The van der Waals surface area contributed by atoms with Crippen LogP contribution in [-0.2, 0) is 19.8 Å². The van der Waals surface area contributed by atoms with Crippen LogP contribution in [0, 0.1) is 4.77 Å². The van der Waals surface area contributed by atoms with Crippen molar-refractivity contribution in [2.24, 2.45) is 0 Å². The van der Waals surface area contributed by atoms with Crippen LogP contribution < -0.4 is 9.64 Å². The van der Waals surface area contributed by atoms with Gasteiger partial charge in [0.05, 0.1) is 14.2 Å². The molecule has 1 atom stereocenters. The minimum atomic E-state index is 0.629. The molecule has 1 aromatic carbocycles. The predicted molar refractivity (Wildman–Crippen MR) is 108 cm³/mol. The molecule has 1 N–H and O–H groups in total. The van der Waals surface area contributed by atoms with E-state index in [1.54, 1.807) is 18.4 Å². The smallest absolute Gasteiger partial charge is 0.203 e. The topological polar surface area (TPSA) is 36.4 Å². The number of hydrogen-bond acceptors (Lipinski definition) is 4. The fourth-order valence-corrected chi connectivity index (χ4v) is 3.78. The van der Waals surface area contributed by atoms with Crippen molar-refractivity contribution in [1.82, 2.24) is 14.3 Å². The lowest BCUT2D eigenvalue weighted by molar-refractivity contribution is -0.917. The first-order valence-electron chi connectivity index (χ1n) is 8.37. The molecule has 0 amide bonds. The third-order valence-electron chi connectivity index (χ3n) is 4.09. The van der Waals surface area contributed by atoms with Gasteiger partial charge >= 0.3 is 0 Å². The van der Waals surface area contributed by atoms with Crippen LogP contribution in [0.25, 0.3) is 11.4 Å². The van der Waals surface area contributed by atoms with Crippen molar-refractivity contribution in [2.75, 3.05) is 14.2 Å². The summed E-state index contributed by atoms with van der Waals surface area (Å²) in [6.45, 7) is 6.13. The van der Waals surface area contributed by atoms with Crippen molar-refractivity contribution in [3.8, 4) is 17.1 Å². The van der Waals surface area contributed by atoms with Crippen molar-refractivity contribution < 1.29 is 9.64 Å². The highest BCUT2D eigenvalue weighted by atomic mass is 32.1. The van der Waals surface area contributed by atoms with Gasteiger partial charge in [0.25, 0.3) is 0 Å². The fourth-order valence-electron chi connectivity index (χ4n) is 2.84. The van der Waals surface area contributed by atoms with Gasteiger partial charge in [-0.2, -0.15) is 16.0 Å². The Morgan fingerprint density at radius 2 is 2.08 bits per heavy atom. The first-order valence-corrected chi connectivity index (χ1v) is 9.73. The molecule has 0 bridgehead atoms. The maximum Gasteiger partial charge on any atom is 0.203 e. The molecule has 0 saturated carbocycles. The molecule has 0 spiro atoms. The van der Waals surface area contributed by atoms with E-state index in [-0.39, 0.29) is 0 Å². The van der Waals surface area contributed by atoms with E-state index in [0.717, 1.165) is 23.7 Å². The molecule has 0 fully saturated rings. The lowest BCUT2D eigenvalue weighted by atomic mass is 10.2. The van der Waals surface area contributed by atoms with Gasteiger partial charge in [0.2, 0.25) is 4.77 Å². The summed E-state index contributed by atoms with van der Waals surface area (Å²) in [5.74, 6) is 1.67. The Labute approximate surface area is 162 Å². The van der Waals surface area contributed by atoms with E-state index in [1.165, 1.54) is 10.5 Å². The highest BCUT2D eigenvalue weighted by Crippen LogP contribution is 2.21. The molecular formula is C19H23N4OS2+. The zero-order valence-corrected chi connectivity index (χ0v) is 16.6. The lowest BCUT2D eigenvalue weighted by Crippen LogP contribution is -3.06. The van der Waals surface area contributed by atoms with Crippen molar-refractivity contribution in [3.05, 3.63) is 64.1 Å². The van der Waals surface area contributed by atoms with Crippen LogP contribution in [-0.4, -0.2) is 28.5 Å². The van der Waals surface area contributed by atoms with Gasteiger partial charge in [0.15, 0.2) is 12.5 Å². The first-order chi connectivity index (χ1) is 12.6. The van der Waals surface area contributed by atoms with Gasteiger partial charge in [0.1, 0.15) is 12.3 Å². The largest absolute Gasteiger partial charge is 0.497 e. The van der Waals surface area contributed by atoms with Crippen molar-refractivity contribution in [2.45, 2.75) is 19.8 Å². The zero-order chi connectivity index (χ0) is 18.5. The number of benzene rings is 1. The van der Waals surface area contributed by atoms with E-state index < -0.39 is 0 Å². The van der Waals surface area contributed by atoms with Crippen molar-refractivity contribution in [1.29, 1.82) is 0 Å². The molecule has 7 heteroatoms. The molecule has 0 aliphatic carbocycles. The van der Waals surface area contributed by atoms with Crippen LogP contribution >= 0.6 is 23.6 Å². The van der Waals surface area contributed by atoms with Gasteiger partial charge in [-0.05, 0) is 53.3 Å². The van der Waals surface area contributed by atoms with Gasteiger partial charge in [-0.15, -0.1) is 11.7 Å². The van der Waals surface area contributed by atoms with Gasteiger partial charge in [-0.3, -0.25) is 4.57 Å². The molecule has 3 rings (SSSR count). The number of nitrogens with one attached hydrogen (secondary N) is 1. The van der Waals surface area contributed by atoms with Crippen molar-refractivity contribution >= 4 is 23.6 Å². The number of aromatic nitrogens is 3. The van der Waals surface area contributed by atoms with Gasteiger partial charge in [-0.25, -0.2) is 0 Å². The number of methoxy groups -OCH3 is 1. The number of quaternary nitrogens is 1. The summed E-state index contributed by atoms with van der Waals surface area (Å²) in [4.78, 5) is 1.32. The van der Waals surface area contributed by atoms with Gasteiger partial charge < -0.3 is 9.64 Å². The average Bonchev–Trinajstić information content (AvgIpc) is 3.25. The second kappa shape index (κ2) is 8.44. The quantitative estimate of drug-likeness (QED) is 0.477. The summed E-state index contributed by atoms with van der Waals surface area (Å²) < 4.78 is 9.87. The van der Waals surface area contributed by atoms with Crippen molar-refractivity contribution in [3.63, 3.8) is 0 Å². The number of allylic oxidation sites excluding steroid dienone is 1. The Hall–Kier alpha value is -2.22. The van der Waals surface area contributed by atoms with Crippen LogP contribution in [0.3, 0.4) is 0 Å². The number of hydrogen-bond donors (Lipinski definition) is 1. The third kappa shape index (κ3) is 4.12. The normalized spacial score (nSPS) is 12.1. The molecule has 3 aromatic rings. The van der Waals surface area contributed by atoms with Crippen LogP contribution in [0.4, 0.5) is 0 Å². The molecule has 1 unspecified atom stereocenters. The summed E-state index contributed by atoms with van der Waals surface area (Å²) in [6.07, 6.45) is 1.84. The zero-order valence-electron chi connectivity index (χ0n) is 15.0. The lowest BCUT2D eigenvalue weighted by Gasteiger charge is -2.12. The Morgan fingerprint density at radius 3 is 2.69 bits per heavy atom. The minimum Gasteiger partial charge on any atom is -0.497 e. The summed E-state index contributed by atoms with van der Waals surface area (Å²) in [6, 6.07) is 10.0. The maximum absolute atomic E-state index is 5.67. The van der Waals surface area contributed by atoms with E-state index in [2.05, 4.69) is 30.5 Å². The van der Waals surface area contributed by atoms with E-state index in [1.807, 2.05) is 39.6 Å². The molecule has 5 nitrogen and oxygen atoms in total. The second-order valence-corrected chi connectivity index (χ2v) is 7.30. The molecular weight excluding hydrogens is 364 g/mol. The van der Waals surface area contributed by atoms with Gasteiger partial charge in [0, 0.05) is 17.7 Å². The first kappa shape index (κ1) is 18.6. The predicted octanol–water partition coefficient (Wildman–Crippen LogP) is 3.01. The van der Waals surface area contributed by atoms with Crippen LogP contribution in [0.1, 0.15) is 5.56 Å². The number of nitrogens with zero attached hydrogens (tertiary/aromatic N) is 3.